The maximum atomic E-state index is 12.2. The summed E-state index contributed by atoms with van der Waals surface area (Å²) >= 11 is 0. The fraction of sp³-hybridized carbons (Fsp3) is 0. The largest absolute Gasteiger partial charge is 0.501 e. The van der Waals surface area contributed by atoms with Crippen molar-refractivity contribution < 1.29 is 19.8 Å². The molecule has 10 nitrogen and oxygen atoms in total. The molecule has 3 aromatic rings. The molecule has 0 unspecified atom stereocenters. The number of nitriles is 1. The second-order valence-corrected chi connectivity index (χ2v) is 5.77. The Labute approximate surface area is 163 Å². The van der Waals surface area contributed by atoms with Crippen LogP contribution in [0, 0.1) is 11.3 Å². The topological polar surface area (TPSA) is 168 Å². The number of aromatic amines is 1. The third kappa shape index (κ3) is 4.37. The molecule has 1 aromatic heterocycles. The predicted octanol–water partition coefficient (Wildman–Crippen LogP) is 2.36. The molecule has 5 N–H and O–H groups in total. The van der Waals surface area contributed by atoms with E-state index in [0.717, 1.165) is 0 Å². The van der Waals surface area contributed by atoms with Gasteiger partial charge in [-0.25, -0.2) is 14.6 Å². The predicted molar refractivity (Wildman–Crippen MR) is 103 cm³/mol. The summed E-state index contributed by atoms with van der Waals surface area (Å²) in [6.07, 6.45) is 0. The van der Waals surface area contributed by atoms with E-state index < -0.39 is 29.0 Å². The van der Waals surface area contributed by atoms with E-state index in [0.29, 0.717) is 22.5 Å². The van der Waals surface area contributed by atoms with Crippen LogP contribution in [0.3, 0.4) is 0 Å². The zero-order valence-electron chi connectivity index (χ0n) is 14.6. The fourth-order valence-corrected chi connectivity index (χ4v) is 2.42. The summed E-state index contributed by atoms with van der Waals surface area (Å²) in [5, 5.41) is 32.5. The van der Waals surface area contributed by atoms with Crippen LogP contribution >= 0.6 is 0 Å². The van der Waals surface area contributed by atoms with Crippen molar-refractivity contribution in [3.8, 4) is 23.2 Å². The number of carbonyl (C=O) groups is 2. The third-order valence-electron chi connectivity index (χ3n) is 3.76. The first kappa shape index (κ1) is 19.1. The second kappa shape index (κ2) is 7.93. The first-order chi connectivity index (χ1) is 13.9. The number of nitrogens with zero attached hydrogens (tertiary/aromatic N) is 2. The number of carboxylic acid groups (broad SMARTS) is 1. The van der Waals surface area contributed by atoms with Crippen LogP contribution in [-0.2, 0) is 0 Å². The van der Waals surface area contributed by atoms with E-state index in [9.17, 15) is 19.5 Å². The summed E-state index contributed by atoms with van der Waals surface area (Å²) in [4.78, 5) is 41.1. The number of carboxylic acids is 1. The van der Waals surface area contributed by atoms with Crippen LogP contribution in [0.1, 0.15) is 16.1 Å². The van der Waals surface area contributed by atoms with Gasteiger partial charge in [-0.1, -0.05) is 12.1 Å². The van der Waals surface area contributed by atoms with E-state index in [1.807, 2.05) is 6.07 Å². The minimum Gasteiger partial charge on any atom is -0.501 e. The van der Waals surface area contributed by atoms with Crippen LogP contribution < -0.4 is 16.2 Å². The Morgan fingerprint density at radius 1 is 1.07 bits per heavy atom. The van der Waals surface area contributed by atoms with E-state index in [1.54, 1.807) is 42.5 Å². The van der Waals surface area contributed by atoms with Gasteiger partial charge in [0.05, 0.1) is 11.6 Å². The van der Waals surface area contributed by atoms with E-state index in [1.165, 1.54) is 6.07 Å². The average molecular weight is 391 g/mol. The van der Waals surface area contributed by atoms with E-state index in [2.05, 4.69) is 20.6 Å². The van der Waals surface area contributed by atoms with Gasteiger partial charge in [0.25, 0.3) is 5.56 Å². The number of rotatable bonds is 4. The fourth-order valence-electron chi connectivity index (χ4n) is 2.42. The third-order valence-corrected chi connectivity index (χ3v) is 3.76. The second-order valence-electron chi connectivity index (χ2n) is 5.77. The van der Waals surface area contributed by atoms with E-state index in [4.69, 9.17) is 10.4 Å². The average Bonchev–Trinajstić information content (AvgIpc) is 2.70. The Bertz CT molecular complexity index is 1190. The van der Waals surface area contributed by atoms with Gasteiger partial charge in [-0.2, -0.15) is 5.26 Å². The molecule has 0 saturated heterocycles. The van der Waals surface area contributed by atoms with Crippen LogP contribution in [0.5, 0.6) is 5.75 Å². The van der Waals surface area contributed by atoms with Crippen molar-refractivity contribution in [2.45, 2.75) is 0 Å². The SMILES string of the molecule is N#Cc1ccc(NC(=O)Nc2cccc(-c3nc(C(=O)O)c(O)c(=O)[nH]3)c2)cc1. The zero-order valence-corrected chi connectivity index (χ0v) is 14.6. The maximum absolute atomic E-state index is 12.2. The molecular formula is C19H13N5O5. The molecule has 0 spiro atoms. The lowest BCUT2D eigenvalue weighted by molar-refractivity contribution is 0.0686. The van der Waals surface area contributed by atoms with Crippen molar-refractivity contribution >= 4 is 23.4 Å². The Hall–Kier alpha value is -4.65. The molecule has 0 saturated carbocycles. The van der Waals surface area contributed by atoms with Gasteiger partial charge in [-0.15, -0.1) is 0 Å². The Morgan fingerprint density at radius 2 is 1.76 bits per heavy atom. The first-order valence-electron chi connectivity index (χ1n) is 8.12. The van der Waals surface area contributed by atoms with Gasteiger partial charge in [0, 0.05) is 16.9 Å². The molecule has 29 heavy (non-hydrogen) atoms. The van der Waals surface area contributed by atoms with E-state index >= 15 is 0 Å². The van der Waals surface area contributed by atoms with Crippen LogP contribution in [0.25, 0.3) is 11.4 Å². The van der Waals surface area contributed by atoms with Gasteiger partial charge in [0.2, 0.25) is 5.75 Å². The molecule has 0 radical (unpaired) electrons. The zero-order chi connectivity index (χ0) is 21.0. The molecule has 0 aliphatic carbocycles. The first-order valence-corrected chi connectivity index (χ1v) is 8.12. The molecule has 2 aromatic carbocycles. The van der Waals surface area contributed by atoms with Crippen molar-refractivity contribution in [3.05, 3.63) is 70.1 Å². The van der Waals surface area contributed by atoms with Crippen LogP contribution in [0.15, 0.2) is 53.3 Å². The van der Waals surface area contributed by atoms with Crippen LogP contribution in [0.2, 0.25) is 0 Å². The molecule has 0 bridgehead atoms. The highest BCUT2D eigenvalue weighted by atomic mass is 16.4. The molecule has 2 amide bonds. The molecule has 3 rings (SSSR count). The van der Waals surface area contributed by atoms with Crippen molar-refractivity contribution in [1.29, 1.82) is 5.26 Å². The molecule has 10 heteroatoms. The van der Waals surface area contributed by atoms with Gasteiger partial charge >= 0.3 is 12.0 Å². The van der Waals surface area contributed by atoms with Crippen molar-refractivity contribution in [2.24, 2.45) is 0 Å². The molecule has 0 fully saturated rings. The summed E-state index contributed by atoms with van der Waals surface area (Å²) < 4.78 is 0. The normalized spacial score (nSPS) is 10.0. The van der Waals surface area contributed by atoms with Gasteiger partial charge in [0.15, 0.2) is 5.69 Å². The smallest absolute Gasteiger partial charge is 0.358 e. The molecule has 1 heterocycles. The molecule has 0 aliphatic heterocycles. The Kier molecular flexibility index (Phi) is 5.23. The van der Waals surface area contributed by atoms with Crippen molar-refractivity contribution in [1.82, 2.24) is 9.97 Å². The van der Waals surface area contributed by atoms with Gasteiger partial charge in [-0.3, -0.25) is 4.79 Å². The van der Waals surface area contributed by atoms with Gasteiger partial charge in [0.1, 0.15) is 5.82 Å². The van der Waals surface area contributed by atoms with Crippen LogP contribution in [0.4, 0.5) is 16.2 Å². The lowest BCUT2D eigenvalue weighted by atomic mass is 10.2. The lowest BCUT2D eigenvalue weighted by Crippen LogP contribution is -2.19. The van der Waals surface area contributed by atoms with Crippen molar-refractivity contribution in [3.63, 3.8) is 0 Å². The highest BCUT2D eigenvalue weighted by Gasteiger charge is 2.17. The number of anilines is 2. The highest BCUT2D eigenvalue weighted by Crippen LogP contribution is 2.21. The van der Waals surface area contributed by atoms with Gasteiger partial charge in [-0.05, 0) is 36.4 Å². The number of urea groups is 1. The molecule has 0 aliphatic rings. The number of aromatic carboxylic acids is 1. The molecule has 144 valence electrons. The number of amides is 2. The maximum Gasteiger partial charge on any atom is 0.358 e. The summed E-state index contributed by atoms with van der Waals surface area (Å²) in [5.74, 6) is -2.62. The number of hydrogen-bond donors (Lipinski definition) is 5. The number of carbonyl (C=O) groups excluding carboxylic acids is 1. The summed E-state index contributed by atoms with van der Waals surface area (Å²) in [7, 11) is 0. The number of H-pyrrole nitrogens is 1. The Balaban J connectivity index is 1.81. The van der Waals surface area contributed by atoms with Crippen LogP contribution in [-0.4, -0.2) is 32.2 Å². The number of benzene rings is 2. The monoisotopic (exact) mass is 391 g/mol. The summed E-state index contributed by atoms with van der Waals surface area (Å²) in [6.45, 7) is 0. The lowest BCUT2D eigenvalue weighted by Gasteiger charge is -2.09. The van der Waals surface area contributed by atoms with E-state index in [-0.39, 0.29) is 5.82 Å². The Morgan fingerprint density at radius 3 is 2.41 bits per heavy atom. The minimum atomic E-state index is -1.55. The highest BCUT2D eigenvalue weighted by molar-refractivity contribution is 6.00. The molecule has 0 atom stereocenters. The summed E-state index contributed by atoms with van der Waals surface area (Å²) in [6, 6.07) is 13.9. The van der Waals surface area contributed by atoms with Gasteiger partial charge < -0.3 is 25.8 Å². The molecular weight excluding hydrogens is 378 g/mol. The number of hydrogen-bond acceptors (Lipinski definition) is 6. The minimum absolute atomic E-state index is 0.0821. The number of aromatic hydroxyl groups is 1. The number of aromatic nitrogens is 2. The quantitative estimate of drug-likeness (QED) is 0.455. The number of nitrogens with one attached hydrogen (secondary N) is 3. The summed E-state index contributed by atoms with van der Waals surface area (Å²) in [5.41, 5.74) is -0.167. The van der Waals surface area contributed by atoms with Crippen molar-refractivity contribution in [2.75, 3.05) is 10.6 Å². The standard InChI is InChI=1S/C19H13N5O5/c20-9-10-4-6-12(7-5-10)21-19(29)22-13-3-1-2-11(8-13)16-23-14(18(27)28)15(25)17(26)24-16/h1-8,25H,(H,27,28)(H2,21,22,29)(H,23,24,26).